The van der Waals surface area contributed by atoms with Gasteiger partial charge in [0, 0.05) is 44.6 Å². The second-order valence-corrected chi connectivity index (χ2v) is 13.1. The fraction of sp³-hybridized carbons (Fsp3) is 0.533. The topological polar surface area (TPSA) is 93.5 Å². The molecule has 4 rings (SSSR count). The van der Waals surface area contributed by atoms with Gasteiger partial charge in [-0.25, -0.2) is 17.2 Å². The Morgan fingerprint density at radius 2 is 1.70 bits per heavy atom. The van der Waals surface area contributed by atoms with Crippen molar-refractivity contribution < 1.29 is 22.0 Å². The minimum atomic E-state index is -3.72. The molecular formula is C30H38F2N4O3S. The van der Waals surface area contributed by atoms with E-state index < -0.39 is 15.9 Å². The smallest absolute Gasteiger partial charge is 0.248 e. The molecule has 10 heteroatoms. The predicted octanol–water partition coefficient (Wildman–Crippen LogP) is 4.73. The van der Waals surface area contributed by atoms with Crippen molar-refractivity contribution in [3.63, 3.8) is 0 Å². The molecule has 7 nitrogen and oxygen atoms in total. The van der Waals surface area contributed by atoms with Crippen LogP contribution in [0.25, 0.3) is 0 Å². The van der Waals surface area contributed by atoms with E-state index in [4.69, 9.17) is 5.26 Å². The van der Waals surface area contributed by atoms with E-state index in [1.54, 1.807) is 48.5 Å². The van der Waals surface area contributed by atoms with Gasteiger partial charge in [0.05, 0.1) is 29.5 Å². The average molecular weight is 573 g/mol. The van der Waals surface area contributed by atoms with Crippen LogP contribution in [0.5, 0.6) is 0 Å². The van der Waals surface area contributed by atoms with E-state index in [-0.39, 0.29) is 68.3 Å². The summed E-state index contributed by atoms with van der Waals surface area (Å²) in [6, 6.07) is 18.0. The number of halogens is 2. The van der Waals surface area contributed by atoms with Crippen molar-refractivity contribution in [3.8, 4) is 6.07 Å². The summed E-state index contributed by atoms with van der Waals surface area (Å²) in [6.07, 6.45) is 1.70. The lowest BCUT2D eigenvalue weighted by Crippen LogP contribution is -2.51. The molecule has 2 aromatic carbocycles. The van der Waals surface area contributed by atoms with Crippen molar-refractivity contribution in [1.29, 1.82) is 5.26 Å². The monoisotopic (exact) mass is 572 g/mol. The van der Waals surface area contributed by atoms with E-state index in [0.29, 0.717) is 11.3 Å². The number of anilines is 1. The van der Waals surface area contributed by atoms with E-state index in [1.165, 1.54) is 4.31 Å². The zero-order valence-electron chi connectivity index (χ0n) is 22.9. The Balaban J connectivity index is 1.32. The second-order valence-electron chi connectivity index (χ2n) is 11.2. The Labute approximate surface area is 236 Å². The van der Waals surface area contributed by atoms with Gasteiger partial charge in [0.15, 0.2) is 0 Å². The summed E-state index contributed by atoms with van der Waals surface area (Å²) in [7, 11) is -3.72. The maximum atomic E-state index is 13.6. The number of nitrogens with zero attached hydrogens (tertiary/aromatic N) is 3. The van der Waals surface area contributed by atoms with Gasteiger partial charge < -0.3 is 5.32 Å². The molecule has 1 N–H and O–H groups in total. The number of carbonyl (C=O) groups excluding carboxylic acids is 1. The minimum Gasteiger partial charge on any atom is -0.353 e. The Morgan fingerprint density at radius 3 is 2.30 bits per heavy atom. The highest BCUT2D eigenvalue weighted by molar-refractivity contribution is 7.92. The number of piperidine rings is 1. The number of nitriles is 1. The maximum Gasteiger partial charge on any atom is 0.248 e. The molecule has 216 valence electrons. The number of sulfonamides is 1. The number of carbonyl (C=O) groups is 1. The molecule has 1 heterocycles. The highest BCUT2D eigenvalue weighted by atomic mass is 32.2. The standard InChI is InChI=1S/C30H38F2N4O3S/c1-23(35-17-13-27(14-18-35)34-29(37)19-24-7-9-25(20-33)10-8-24)21-36(28-5-3-2-4-6-28)40(38,39)22-26-11-15-30(31,32)16-12-26/h2-10,23,26-27H,11-19,21-22H2,1H3,(H,34,37)/t23-/m0/s1. The van der Waals surface area contributed by atoms with Crippen molar-refractivity contribution in [3.05, 3.63) is 65.7 Å². The summed E-state index contributed by atoms with van der Waals surface area (Å²) in [5, 5.41) is 12.0. The van der Waals surface area contributed by atoms with Gasteiger partial charge in [-0.3, -0.25) is 14.0 Å². The van der Waals surface area contributed by atoms with Gasteiger partial charge in [-0.15, -0.1) is 0 Å². The second kappa shape index (κ2) is 13.1. The molecule has 2 aliphatic rings. The van der Waals surface area contributed by atoms with Gasteiger partial charge in [0.2, 0.25) is 21.9 Å². The summed E-state index contributed by atoms with van der Waals surface area (Å²) in [5.41, 5.74) is 2.00. The predicted molar refractivity (Wildman–Crippen MR) is 152 cm³/mol. The van der Waals surface area contributed by atoms with Crippen LogP contribution in [-0.4, -0.2) is 62.6 Å². The van der Waals surface area contributed by atoms with Crippen molar-refractivity contribution >= 4 is 21.6 Å². The van der Waals surface area contributed by atoms with Crippen LogP contribution in [0, 0.1) is 17.2 Å². The molecule has 2 fully saturated rings. The molecular weight excluding hydrogens is 534 g/mol. The van der Waals surface area contributed by atoms with Crippen molar-refractivity contribution in [2.75, 3.05) is 29.7 Å². The number of amides is 1. The molecule has 1 saturated carbocycles. The van der Waals surface area contributed by atoms with Crippen molar-refractivity contribution in [2.24, 2.45) is 5.92 Å². The molecule has 0 radical (unpaired) electrons. The third-order valence-electron chi connectivity index (χ3n) is 8.06. The number of nitrogens with one attached hydrogen (secondary N) is 1. The Bertz CT molecular complexity index is 1260. The molecule has 40 heavy (non-hydrogen) atoms. The molecule has 1 saturated heterocycles. The fourth-order valence-electron chi connectivity index (χ4n) is 5.63. The van der Waals surface area contributed by atoms with Crippen LogP contribution >= 0.6 is 0 Å². The van der Waals surface area contributed by atoms with E-state index in [2.05, 4.69) is 16.3 Å². The number of hydrogen-bond donors (Lipinski definition) is 1. The van der Waals surface area contributed by atoms with Gasteiger partial charge in [-0.1, -0.05) is 30.3 Å². The largest absolute Gasteiger partial charge is 0.353 e. The molecule has 1 atom stereocenters. The lowest BCUT2D eigenvalue weighted by Gasteiger charge is -2.39. The number of para-hydroxylation sites is 1. The van der Waals surface area contributed by atoms with Gasteiger partial charge in [0.1, 0.15) is 0 Å². The van der Waals surface area contributed by atoms with E-state index in [1.807, 2.05) is 13.0 Å². The first kappa shape index (κ1) is 29.9. The molecule has 0 aromatic heterocycles. The Kier molecular flexibility index (Phi) is 9.80. The van der Waals surface area contributed by atoms with Crippen LogP contribution in [0.15, 0.2) is 54.6 Å². The number of likely N-dealkylation sites (tertiary alicyclic amines) is 1. The summed E-state index contributed by atoms with van der Waals surface area (Å²) < 4.78 is 55.9. The normalized spacial score (nSPS) is 19.4. The summed E-state index contributed by atoms with van der Waals surface area (Å²) in [6.45, 7) is 3.73. The van der Waals surface area contributed by atoms with E-state index in [9.17, 15) is 22.0 Å². The fourth-order valence-corrected chi connectivity index (χ4v) is 7.62. The van der Waals surface area contributed by atoms with Crippen LogP contribution in [0.4, 0.5) is 14.5 Å². The average Bonchev–Trinajstić information content (AvgIpc) is 2.94. The molecule has 1 amide bonds. The van der Waals surface area contributed by atoms with Crippen LogP contribution in [0.1, 0.15) is 56.6 Å². The Morgan fingerprint density at radius 1 is 1.07 bits per heavy atom. The highest BCUT2D eigenvalue weighted by Gasteiger charge is 2.38. The zero-order chi connectivity index (χ0) is 28.8. The van der Waals surface area contributed by atoms with Crippen LogP contribution in [-0.2, 0) is 21.2 Å². The first-order valence-electron chi connectivity index (χ1n) is 14.0. The number of hydrogen-bond acceptors (Lipinski definition) is 5. The molecule has 1 aliphatic carbocycles. The van der Waals surface area contributed by atoms with E-state index in [0.717, 1.165) is 31.5 Å². The maximum absolute atomic E-state index is 13.6. The lowest BCUT2D eigenvalue weighted by molar-refractivity contribution is -0.121. The number of rotatable bonds is 10. The van der Waals surface area contributed by atoms with Crippen LogP contribution < -0.4 is 9.62 Å². The van der Waals surface area contributed by atoms with Gasteiger partial charge in [-0.2, -0.15) is 5.26 Å². The minimum absolute atomic E-state index is 0.0488. The molecule has 1 aliphatic heterocycles. The van der Waals surface area contributed by atoms with E-state index >= 15 is 0 Å². The van der Waals surface area contributed by atoms with Gasteiger partial charge >= 0.3 is 0 Å². The Hall–Kier alpha value is -3.03. The third kappa shape index (κ3) is 8.24. The van der Waals surface area contributed by atoms with Gasteiger partial charge in [0.25, 0.3) is 0 Å². The zero-order valence-corrected chi connectivity index (χ0v) is 23.8. The molecule has 2 aromatic rings. The number of alkyl halides is 2. The van der Waals surface area contributed by atoms with Crippen molar-refractivity contribution in [2.45, 2.75) is 69.9 Å². The van der Waals surface area contributed by atoms with Crippen LogP contribution in [0.3, 0.4) is 0 Å². The lowest BCUT2D eigenvalue weighted by atomic mass is 9.88. The first-order chi connectivity index (χ1) is 19.0. The quantitative estimate of drug-likeness (QED) is 0.444. The summed E-state index contributed by atoms with van der Waals surface area (Å²) in [5.74, 6) is -3.14. The third-order valence-corrected chi connectivity index (χ3v) is 9.98. The molecule has 0 unspecified atom stereocenters. The SMILES string of the molecule is C[C@@H](CN(c1ccccc1)S(=O)(=O)CC1CCC(F)(F)CC1)N1CCC(NC(=O)Cc2ccc(C#N)cc2)CC1. The van der Waals surface area contributed by atoms with Crippen LogP contribution in [0.2, 0.25) is 0 Å². The molecule has 0 spiro atoms. The molecule has 0 bridgehead atoms. The summed E-state index contributed by atoms with van der Waals surface area (Å²) in [4.78, 5) is 14.8. The van der Waals surface area contributed by atoms with Gasteiger partial charge in [-0.05, 0) is 68.4 Å². The number of benzene rings is 2. The van der Waals surface area contributed by atoms with Crippen molar-refractivity contribution in [1.82, 2.24) is 10.2 Å². The summed E-state index contributed by atoms with van der Waals surface area (Å²) >= 11 is 0. The highest BCUT2D eigenvalue weighted by Crippen LogP contribution is 2.37. The first-order valence-corrected chi connectivity index (χ1v) is 15.6.